The molecule has 0 unspecified atom stereocenters. The number of hydrogen-bond acceptors (Lipinski definition) is 2. The second kappa shape index (κ2) is 3.20. The molecule has 80 valence electrons. The first-order valence-electron chi connectivity index (χ1n) is 4.63. The molecule has 2 aromatic heterocycles. The molecule has 0 atom stereocenters. The minimum atomic E-state index is -0.00167. The van der Waals surface area contributed by atoms with Crippen molar-refractivity contribution in [1.29, 1.82) is 0 Å². The first kappa shape index (κ1) is 10.4. The van der Waals surface area contributed by atoms with Gasteiger partial charge >= 0.3 is 0 Å². The van der Waals surface area contributed by atoms with Crippen LogP contribution in [0, 0.1) is 13.8 Å². The van der Waals surface area contributed by atoms with Crippen LogP contribution >= 0.6 is 15.9 Å². The lowest BCUT2D eigenvalue weighted by atomic mass is 10.2. The van der Waals surface area contributed by atoms with Gasteiger partial charge in [-0.3, -0.25) is 19.1 Å². The summed E-state index contributed by atoms with van der Waals surface area (Å²) in [6.07, 6.45) is 0. The van der Waals surface area contributed by atoms with E-state index < -0.39 is 0 Å². The van der Waals surface area contributed by atoms with Gasteiger partial charge in [0.05, 0.1) is 26.8 Å². The Hall–Kier alpha value is -1.10. The minimum absolute atomic E-state index is 0.00167. The lowest BCUT2D eigenvalue weighted by Crippen LogP contribution is -2.16. The van der Waals surface area contributed by atoms with Gasteiger partial charge in [-0.1, -0.05) is 0 Å². The number of aryl methyl sites for hydroxylation is 3. The third-order valence-corrected chi connectivity index (χ3v) is 3.69. The van der Waals surface area contributed by atoms with Crippen molar-refractivity contribution in [2.75, 3.05) is 0 Å². The van der Waals surface area contributed by atoms with E-state index in [4.69, 9.17) is 0 Å². The molecule has 0 saturated carbocycles. The van der Waals surface area contributed by atoms with Gasteiger partial charge in [-0.2, -0.15) is 0 Å². The van der Waals surface area contributed by atoms with E-state index in [0.717, 1.165) is 21.4 Å². The summed E-state index contributed by atoms with van der Waals surface area (Å²) in [5.74, 6) is 0. The molecule has 0 aliphatic rings. The van der Waals surface area contributed by atoms with Crippen LogP contribution in [-0.4, -0.2) is 14.3 Å². The van der Waals surface area contributed by atoms with E-state index in [0.29, 0.717) is 5.39 Å². The summed E-state index contributed by atoms with van der Waals surface area (Å²) in [6.45, 7) is 3.79. The zero-order chi connectivity index (χ0) is 11.3. The van der Waals surface area contributed by atoms with Gasteiger partial charge in [-0.15, -0.1) is 0 Å². The summed E-state index contributed by atoms with van der Waals surface area (Å²) in [5.41, 5.74) is 2.60. The Kier molecular flexibility index (Phi) is 2.22. The second-order valence-corrected chi connectivity index (χ2v) is 4.47. The van der Waals surface area contributed by atoms with Crippen molar-refractivity contribution in [2.24, 2.45) is 14.1 Å². The van der Waals surface area contributed by atoms with Gasteiger partial charge in [0.25, 0.3) is 5.56 Å². The fourth-order valence-corrected chi connectivity index (χ4v) is 2.36. The topological polar surface area (TPSA) is 39.8 Å². The highest BCUT2D eigenvalue weighted by molar-refractivity contribution is 9.10. The van der Waals surface area contributed by atoms with Gasteiger partial charge in [-0.25, -0.2) is 0 Å². The maximum Gasteiger partial charge on any atom is 0.276 e. The first-order chi connectivity index (χ1) is 6.95. The van der Waals surface area contributed by atoms with Crippen LogP contribution in [0.15, 0.2) is 9.27 Å². The third kappa shape index (κ3) is 1.26. The summed E-state index contributed by atoms with van der Waals surface area (Å²) in [6, 6.07) is 0. The van der Waals surface area contributed by atoms with Crippen molar-refractivity contribution >= 4 is 26.8 Å². The highest BCUT2D eigenvalue weighted by atomic mass is 79.9. The number of fused-ring (bicyclic) bond motifs is 1. The molecule has 0 N–H and O–H groups in total. The van der Waals surface area contributed by atoms with Crippen LogP contribution in [0.5, 0.6) is 0 Å². The van der Waals surface area contributed by atoms with E-state index in [1.807, 2.05) is 25.6 Å². The lowest BCUT2D eigenvalue weighted by Gasteiger charge is -2.04. The Balaban J connectivity index is 3.18. The Morgan fingerprint density at radius 1 is 1.13 bits per heavy atom. The molecule has 15 heavy (non-hydrogen) atoms. The Labute approximate surface area is 95.6 Å². The monoisotopic (exact) mass is 269 g/mol. The van der Waals surface area contributed by atoms with Crippen LogP contribution in [0.25, 0.3) is 10.9 Å². The number of nitrogens with zero attached hydrogens (tertiary/aromatic N) is 3. The summed E-state index contributed by atoms with van der Waals surface area (Å²) in [5, 5.41) is 0.692. The molecule has 0 aliphatic heterocycles. The number of rotatable bonds is 0. The van der Waals surface area contributed by atoms with Gasteiger partial charge in [0.1, 0.15) is 0 Å². The average Bonchev–Trinajstić information content (AvgIpc) is 2.40. The van der Waals surface area contributed by atoms with Crippen LogP contribution in [0.1, 0.15) is 11.4 Å². The van der Waals surface area contributed by atoms with E-state index in [1.54, 1.807) is 11.7 Å². The van der Waals surface area contributed by atoms with Crippen molar-refractivity contribution in [3.05, 3.63) is 26.2 Å². The van der Waals surface area contributed by atoms with Crippen LogP contribution < -0.4 is 5.56 Å². The molecule has 2 rings (SSSR count). The molecule has 4 nitrogen and oxygen atoms in total. The molecule has 0 aromatic carbocycles. The summed E-state index contributed by atoms with van der Waals surface area (Å²) < 4.78 is 4.32. The van der Waals surface area contributed by atoms with Crippen LogP contribution in [0.3, 0.4) is 0 Å². The normalized spacial score (nSPS) is 11.3. The van der Waals surface area contributed by atoms with E-state index >= 15 is 0 Å². The Bertz CT molecular complexity index is 609. The second-order valence-electron chi connectivity index (χ2n) is 3.67. The summed E-state index contributed by atoms with van der Waals surface area (Å²) in [4.78, 5) is 16.3. The van der Waals surface area contributed by atoms with Gasteiger partial charge < -0.3 is 0 Å². The molecular weight excluding hydrogens is 258 g/mol. The maximum absolute atomic E-state index is 11.9. The van der Waals surface area contributed by atoms with Crippen LogP contribution in [0.2, 0.25) is 0 Å². The fraction of sp³-hybridized carbons (Fsp3) is 0.400. The number of aromatic nitrogens is 3. The summed E-state index contributed by atoms with van der Waals surface area (Å²) in [7, 11) is 3.62. The highest BCUT2D eigenvalue weighted by Gasteiger charge is 2.16. The first-order valence-corrected chi connectivity index (χ1v) is 5.42. The molecule has 0 amide bonds. The fourth-order valence-electron chi connectivity index (χ4n) is 1.82. The minimum Gasteiger partial charge on any atom is -0.284 e. The van der Waals surface area contributed by atoms with Gasteiger partial charge in [0.15, 0.2) is 0 Å². The Morgan fingerprint density at radius 3 is 2.33 bits per heavy atom. The molecule has 0 spiro atoms. The largest absolute Gasteiger partial charge is 0.284 e. The lowest BCUT2D eigenvalue weighted by molar-refractivity contribution is 0.594. The number of pyridine rings is 1. The van der Waals surface area contributed by atoms with Gasteiger partial charge in [-0.05, 0) is 29.8 Å². The molecule has 0 fully saturated rings. The maximum atomic E-state index is 11.9. The molecular formula is C10H12BrN3O. The van der Waals surface area contributed by atoms with Crippen molar-refractivity contribution < 1.29 is 0 Å². The molecule has 2 aromatic rings. The zero-order valence-electron chi connectivity index (χ0n) is 9.13. The van der Waals surface area contributed by atoms with Crippen molar-refractivity contribution in [3.63, 3.8) is 0 Å². The van der Waals surface area contributed by atoms with Crippen molar-refractivity contribution in [3.8, 4) is 0 Å². The number of hydrogen-bond donors (Lipinski definition) is 0. The third-order valence-electron chi connectivity index (χ3n) is 2.74. The highest BCUT2D eigenvalue weighted by Crippen LogP contribution is 2.25. The molecule has 0 bridgehead atoms. The molecule has 0 radical (unpaired) electrons. The van der Waals surface area contributed by atoms with Gasteiger partial charge in [0.2, 0.25) is 0 Å². The standard InChI is InChI=1S/C10H12BrN3O/c1-5-7-9(8(11)6(2)12-5)13(3)14(4)10(7)15/h1-4H3. The van der Waals surface area contributed by atoms with Gasteiger partial charge in [0, 0.05) is 14.1 Å². The Morgan fingerprint density at radius 2 is 1.73 bits per heavy atom. The zero-order valence-corrected chi connectivity index (χ0v) is 10.7. The van der Waals surface area contributed by atoms with E-state index in [9.17, 15) is 4.79 Å². The van der Waals surface area contributed by atoms with E-state index in [1.165, 1.54) is 0 Å². The van der Waals surface area contributed by atoms with Crippen molar-refractivity contribution in [2.45, 2.75) is 13.8 Å². The quantitative estimate of drug-likeness (QED) is 0.730. The van der Waals surface area contributed by atoms with Crippen molar-refractivity contribution in [1.82, 2.24) is 14.3 Å². The van der Waals surface area contributed by atoms with E-state index in [2.05, 4.69) is 20.9 Å². The molecule has 0 saturated heterocycles. The van der Waals surface area contributed by atoms with Crippen LogP contribution in [0.4, 0.5) is 0 Å². The summed E-state index contributed by atoms with van der Waals surface area (Å²) >= 11 is 3.48. The average molecular weight is 270 g/mol. The molecule has 0 aliphatic carbocycles. The predicted octanol–water partition coefficient (Wildman–Crippen LogP) is 1.65. The molecule has 2 heterocycles. The number of halogens is 1. The van der Waals surface area contributed by atoms with E-state index in [-0.39, 0.29) is 5.56 Å². The molecule has 5 heteroatoms. The SMILES string of the molecule is Cc1nc(C)c2c(=O)n(C)n(C)c2c1Br. The smallest absolute Gasteiger partial charge is 0.276 e. The predicted molar refractivity (Wildman–Crippen MR) is 63.1 cm³/mol. The van der Waals surface area contributed by atoms with Crippen LogP contribution in [-0.2, 0) is 14.1 Å².